The summed E-state index contributed by atoms with van der Waals surface area (Å²) in [6.45, 7) is 9.75. The van der Waals surface area contributed by atoms with Gasteiger partial charge in [0.1, 0.15) is 0 Å². The van der Waals surface area contributed by atoms with Crippen LogP contribution in [0.5, 0.6) is 0 Å². The Hall–Kier alpha value is -1.99. The second kappa shape index (κ2) is 7.44. The summed E-state index contributed by atoms with van der Waals surface area (Å²) in [5.74, 6) is 0.198. The number of likely N-dealkylation sites (tertiary alicyclic amines) is 3. The van der Waals surface area contributed by atoms with Crippen LogP contribution in [0, 0.1) is 10.8 Å². The van der Waals surface area contributed by atoms with Gasteiger partial charge in [0.05, 0.1) is 5.41 Å². The smallest absolute Gasteiger partial charge is 0.319 e. The first-order chi connectivity index (χ1) is 13.2. The Kier molecular flexibility index (Phi) is 5.51. The van der Waals surface area contributed by atoms with Crippen LogP contribution in [0.3, 0.4) is 0 Å². The van der Waals surface area contributed by atoms with Gasteiger partial charge >= 0.3 is 12.1 Å². The van der Waals surface area contributed by atoms with Crippen molar-refractivity contribution in [3.05, 3.63) is 0 Å². The molecule has 2 spiro atoms. The van der Waals surface area contributed by atoms with E-state index in [1.54, 1.807) is 19.0 Å². The molecular formula is C20H35N5O3. The number of carbonyl (C=O) groups is 3. The molecular weight excluding hydrogens is 358 g/mol. The first-order valence-electron chi connectivity index (χ1n) is 10.5. The maximum absolute atomic E-state index is 13.4. The van der Waals surface area contributed by atoms with E-state index in [1.807, 2.05) is 35.5 Å². The number of hydrogen-bond acceptors (Lipinski definition) is 3. The Bertz CT molecular complexity index is 642. The Morgan fingerprint density at radius 1 is 1.07 bits per heavy atom. The highest BCUT2D eigenvalue weighted by atomic mass is 16.2. The Morgan fingerprint density at radius 2 is 1.71 bits per heavy atom. The van der Waals surface area contributed by atoms with Crippen molar-refractivity contribution in [2.24, 2.45) is 10.8 Å². The zero-order valence-corrected chi connectivity index (χ0v) is 18.0. The molecule has 0 aromatic carbocycles. The average molecular weight is 394 g/mol. The van der Waals surface area contributed by atoms with Crippen LogP contribution >= 0.6 is 0 Å². The highest BCUT2D eigenvalue weighted by Crippen LogP contribution is 2.57. The third-order valence-corrected chi connectivity index (χ3v) is 6.93. The lowest BCUT2D eigenvalue weighted by molar-refractivity contribution is -0.141. The van der Waals surface area contributed by atoms with Gasteiger partial charge in [-0.3, -0.25) is 4.79 Å². The second-order valence-corrected chi connectivity index (χ2v) is 9.12. The lowest BCUT2D eigenvalue weighted by atomic mass is 9.60. The summed E-state index contributed by atoms with van der Waals surface area (Å²) in [6.07, 6.45) is 2.33. The maximum atomic E-state index is 13.4. The summed E-state index contributed by atoms with van der Waals surface area (Å²) in [4.78, 5) is 45.8. The van der Waals surface area contributed by atoms with E-state index in [4.69, 9.17) is 0 Å². The molecule has 8 nitrogen and oxygen atoms in total. The van der Waals surface area contributed by atoms with Crippen LogP contribution in [0.25, 0.3) is 0 Å². The van der Waals surface area contributed by atoms with E-state index in [2.05, 4.69) is 5.32 Å². The molecule has 0 saturated carbocycles. The quantitative estimate of drug-likeness (QED) is 0.771. The molecule has 0 aliphatic carbocycles. The molecule has 3 heterocycles. The molecule has 158 valence electrons. The summed E-state index contributed by atoms with van der Waals surface area (Å²) in [6, 6.07) is 0.0361. The standard InChI is InChI=1S/C20H35N5O3/c1-6-23-12-9-20(16(23)26)14-25(18(28)22(4)5)13-19(20)7-10-24(11-8-19)17(27)21-15(2)3/h15H,6-14H2,1-5H3,(H,21,27)/t20-/m0/s1. The van der Waals surface area contributed by atoms with Crippen molar-refractivity contribution in [2.75, 3.05) is 53.4 Å². The molecule has 0 aromatic rings. The topological polar surface area (TPSA) is 76.2 Å². The first-order valence-corrected chi connectivity index (χ1v) is 10.5. The normalized spacial score (nSPS) is 26.6. The number of fused-ring (bicyclic) bond motifs is 1. The summed E-state index contributed by atoms with van der Waals surface area (Å²) in [7, 11) is 3.52. The molecule has 28 heavy (non-hydrogen) atoms. The number of nitrogens with one attached hydrogen (secondary N) is 1. The molecule has 3 aliphatic rings. The molecule has 0 unspecified atom stereocenters. The van der Waals surface area contributed by atoms with Gasteiger partial charge in [-0.1, -0.05) is 0 Å². The van der Waals surface area contributed by atoms with Gasteiger partial charge in [0.2, 0.25) is 5.91 Å². The van der Waals surface area contributed by atoms with Crippen LogP contribution in [0.15, 0.2) is 0 Å². The van der Waals surface area contributed by atoms with E-state index in [0.717, 1.165) is 25.8 Å². The van der Waals surface area contributed by atoms with Crippen molar-refractivity contribution in [3.63, 3.8) is 0 Å². The molecule has 0 aromatic heterocycles. The van der Waals surface area contributed by atoms with E-state index >= 15 is 0 Å². The predicted molar refractivity (Wildman–Crippen MR) is 107 cm³/mol. The third-order valence-electron chi connectivity index (χ3n) is 6.93. The number of hydrogen-bond donors (Lipinski definition) is 1. The fourth-order valence-corrected chi connectivity index (χ4v) is 5.37. The maximum Gasteiger partial charge on any atom is 0.319 e. The van der Waals surface area contributed by atoms with E-state index < -0.39 is 5.41 Å². The lowest BCUT2D eigenvalue weighted by Crippen LogP contribution is -2.55. The molecule has 1 N–H and O–H groups in total. The van der Waals surface area contributed by atoms with Crippen molar-refractivity contribution in [2.45, 2.75) is 46.1 Å². The highest BCUT2D eigenvalue weighted by Gasteiger charge is 2.66. The number of piperidine rings is 1. The van der Waals surface area contributed by atoms with Gasteiger partial charge in [0.15, 0.2) is 0 Å². The number of urea groups is 2. The fraction of sp³-hybridized carbons (Fsp3) is 0.850. The van der Waals surface area contributed by atoms with Crippen LogP contribution in [0.2, 0.25) is 0 Å². The summed E-state index contributed by atoms with van der Waals surface area (Å²) in [5.41, 5.74) is -0.746. The van der Waals surface area contributed by atoms with Crippen molar-refractivity contribution in [1.82, 2.24) is 24.9 Å². The van der Waals surface area contributed by atoms with Gasteiger partial charge in [-0.25, -0.2) is 9.59 Å². The number of carbonyl (C=O) groups excluding carboxylic acids is 3. The molecule has 1 atom stereocenters. The van der Waals surface area contributed by atoms with Crippen LogP contribution < -0.4 is 5.32 Å². The van der Waals surface area contributed by atoms with Crippen molar-refractivity contribution in [1.29, 1.82) is 0 Å². The minimum Gasteiger partial charge on any atom is -0.342 e. The lowest BCUT2D eigenvalue weighted by Gasteiger charge is -2.46. The number of nitrogens with zero attached hydrogens (tertiary/aromatic N) is 4. The summed E-state index contributed by atoms with van der Waals surface area (Å²) < 4.78 is 0. The van der Waals surface area contributed by atoms with Crippen LogP contribution in [0.4, 0.5) is 9.59 Å². The number of rotatable bonds is 2. The van der Waals surface area contributed by atoms with Gasteiger partial charge in [-0.05, 0) is 40.0 Å². The Balaban J connectivity index is 1.84. The van der Waals surface area contributed by atoms with Gasteiger partial charge in [0, 0.05) is 64.8 Å². The molecule has 3 aliphatic heterocycles. The number of amides is 5. The highest BCUT2D eigenvalue weighted by molar-refractivity contribution is 5.88. The average Bonchev–Trinajstić information content (AvgIpc) is 3.13. The van der Waals surface area contributed by atoms with Crippen LogP contribution in [0.1, 0.15) is 40.0 Å². The van der Waals surface area contributed by atoms with E-state index in [1.165, 1.54) is 0 Å². The SMILES string of the molecule is CCN1CC[C@]2(CN(C(=O)N(C)C)CC23CCN(C(=O)NC(C)C)CC3)C1=O. The van der Waals surface area contributed by atoms with E-state index in [0.29, 0.717) is 32.7 Å². The van der Waals surface area contributed by atoms with Crippen molar-refractivity contribution in [3.8, 4) is 0 Å². The van der Waals surface area contributed by atoms with E-state index in [9.17, 15) is 14.4 Å². The monoisotopic (exact) mass is 393 g/mol. The van der Waals surface area contributed by atoms with Crippen molar-refractivity contribution < 1.29 is 14.4 Å². The van der Waals surface area contributed by atoms with Gasteiger partial charge < -0.3 is 24.9 Å². The molecule has 3 saturated heterocycles. The summed E-state index contributed by atoms with van der Waals surface area (Å²) in [5, 5.41) is 2.96. The summed E-state index contributed by atoms with van der Waals surface area (Å²) >= 11 is 0. The largest absolute Gasteiger partial charge is 0.342 e. The van der Waals surface area contributed by atoms with Gasteiger partial charge in [0.25, 0.3) is 0 Å². The molecule has 8 heteroatoms. The fourth-order valence-electron chi connectivity index (χ4n) is 5.37. The minimum atomic E-state index is -0.505. The molecule has 5 amide bonds. The Morgan fingerprint density at radius 3 is 2.21 bits per heavy atom. The van der Waals surface area contributed by atoms with Gasteiger partial charge in [-0.2, -0.15) is 0 Å². The predicted octanol–water partition coefficient (Wildman–Crippen LogP) is 1.42. The van der Waals surface area contributed by atoms with Crippen LogP contribution in [-0.2, 0) is 4.79 Å². The molecule has 0 bridgehead atoms. The Labute approximate surface area is 168 Å². The van der Waals surface area contributed by atoms with Gasteiger partial charge in [-0.15, -0.1) is 0 Å². The first kappa shape index (κ1) is 20.7. The zero-order valence-electron chi connectivity index (χ0n) is 18.0. The molecule has 3 fully saturated rings. The second-order valence-electron chi connectivity index (χ2n) is 9.12. The van der Waals surface area contributed by atoms with Crippen molar-refractivity contribution >= 4 is 18.0 Å². The minimum absolute atomic E-state index is 0.0287. The zero-order chi connectivity index (χ0) is 20.7. The molecule has 0 radical (unpaired) electrons. The molecule has 3 rings (SSSR count). The van der Waals surface area contributed by atoms with Crippen LogP contribution in [-0.4, -0.2) is 97.0 Å². The third kappa shape index (κ3) is 3.20. The van der Waals surface area contributed by atoms with E-state index in [-0.39, 0.29) is 29.4 Å².